The maximum atomic E-state index is 13.1. The fraction of sp³-hybridized carbons (Fsp3) is 0.500. The molecule has 304 valence electrons. The summed E-state index contributed by atoms with van der Waals surface area (Å²) >= 11 is 11.3. The Labute approximate surface area is 336 Å². The summed E-state index contributed by atoms with van der Waals surface area (Å²) in [5.74, 6) is -0.239. The lowest BCUT2D eigenvalue weighted by molar-refractivity contribution is -0.126. The average molecular weight is 811 g/mol. The second kappa shape index (κ2) is 29.1. The SMILES string of the molecule is C/C=C/S(=O)(=O)N1CCN(C2C/C(=C\C=C/NC)C=C(C(NC(=O)COCC)c3cncn3C)c3cc(Cl)ccc32)CC1.C/C=C\CC.CC.CCl.CN. The number of hydrogen-bond donors (Lipinski definition) is 3. The lowest BCUT2D eigenvalue weighted by atomic mass is 9.90. The Hall–Kier alpha value is -3.23. The van der Waals surface area contributed by atoms with E-state index in [0.29, 0.717) is 44.2 Å². The van der Waals surface area contributed by atoms with Crippen LogP contribution < -0.4 is 16.4 Å². The predicted molar refractivity (Wildman–Crippen MR) is 229 cm³/mol. The van der Waals surface area contributed by atoms with Gasteiger partial charge >= 0.3 is 0 Å². The Morgan fingerprint density at radius 3 is 2.30 bits per heavy atom. The van der Waals surface area contributed by atoms with Crippen molar-refractivity contribution in [3.8, 4) is 0 Å². The first kappa shape index (κ1) is 50.8. The Bertz CT molecular complexity index is 1610. The second-order valence-electron chi connectivity index (χ2n) is 11.4. The van der Waals surface area contributed by atoms with Crippen molar-refractivity contribution in [1.82, 2.24) is 29.4 Å². The number of allylic oxidation sites excluding steroid dienone is 6. The van der Waals surface area contributed by atoms with Gasteiger partial charge in [-0.15, -0.1) is 11.6 Å². The van der Waals surface area contributed by atoms with Crippen LogP contribution in [0.15, 0.2) is 84.4 Å². The van der Waals surface area contributed by atoms with Gasteiger partial charge in [0.2, 0.25) is 15.9 Å². The van der Waals surface area contributed by atoms with Gasteiger partial charge in [0, 0.05) is 69.7 Å². The molecule has 2 heterocycles. The summed E-state index contributed by atoms with van der Waals surface area (Å²) in [5.41, 5.74) is 9.23. The fourth-order valence-corrected chi connectivity index (χ4v) is 7.17. The zero-order valence-corrected chi connectivity index (χ0v) is 36.3. The van der Waals surface area contributed by atoms with Gasteiger partial charge in [-0.25, -0.2) is 13.4 Å². The van der Waals surface area contributed by atoms with Gasteiger partial charge in [0.1, 0.15) is 6.61 Å². The molecule has 2 aliphatic rings. The van der Waals surface area contributed by atoms with E-state index in [2.05, 4.69) is 69.1 Å². The van der Waals surface area contributed by atoms with Crippen LogP contribution in [0.2, 0.25) is 5.02 Å². The average Bonchev–Trinajstić information content (AvgIpc) is 3.55. The van der Waals surface area contributed by atoms with Gasteiger partial charge in [0.15, 0.2) is 0 Å². The molecular formula is C40H65Cl2N7O4S. The number of ether oxygens (including phenoxy) is 1. The molecule has 4 rings (SSSR count). The molecule has 2 atom stereocenters. The Balaban J connectivity index is 0.00000229. The highest BCUT2D eigenvalue weighted by Gasteiger charge is 2.34. The number of piperazine rings is 1. The number of aryl methyl sites for hydroxylation is 1. The zero-order chi connectivity index (χ0) is 41.1. The number of amides is 1. The van der Waals surface area contributed by atoms with Gasteiger partial charge in [-0.2, -0.15) is 4.31 Å². The third-order valence-corrected chi connectivity index (χ3v) is 10.0. The summed E-state index contributed by atoms with van der Waals surface area (Å²) in [6.45, 7) is 14.0. The number of aromatic nitrogens is 2. The number of nitrogens with two attached hydrogens (primary N) is 1. The molecule has 4 N–H and O–H groups in total. The Morgan fingerprint density at radius 1 is 1.11 bits per heavy atom. The molecule has 1 aliphatic carbocycles. The van der Waals surface area contributed by atoms with E-state index in [0.717, 1.165) is 34.4 Å². The number of carbonyl (C=O) groups is 1. The number of rotatable bonds is 12. The minimum Gasteiger partial charge on any atom is -0.394 e. The van der Waals surface area contributed by atoms with Gasteiger partial charge in [-0.3, -0.25) is 9.69 Å². The summed E-state index contributed by atoms with van der Waals surface area (Å²) in [4.78, 5) is 19.7. The van der Waals surface area contributed by atoms with Crippen LogP contribution in [-0.2, 0) is 26.6 Å². The smallest absolute Gasteiger partial charge is 0.246 e. The number of benzene rings is 1. The van der Waals surface area contributed by atoms with Crippen molar-refractivity contribution < 1.29 is 17.9 Å². The monoisotopic (exact) mass is 809 g/mol. The van der Waals surface area contributed by atoms with E-state index in [9.17, 15) is 13.2 Å². The molecule has 0 spiro atoms. The molecule has 1 saturated heterocycles. The van der Waals surface area contributed by atoms with Crippen molar-refractivity contribution >= 4 is 44.7 Å². The third kappa shape index (κ3) is 16.2. The maximum absolute atomic E-state index is 13.1. The summed E-state index contributed by atoms with van der Waals surface area (Å²) < 4.78 is 34.2. The first-order valence-corrected chi connectivity index (χ1v) is 21.0. The molecule has 1 aromatic carbocycles. The van der Waals surface area contributed by atoms with Crippen LogP contribution >= 0.6 is 23.2 Å². The van der Waals surface area contributed by atoms with E-state index in [1.165, 1.54) is 23.1 Å². The predicted octanol–water partition coefficient (Wildman–Crippen LogP) is 7.36. The summed E-state index contributed by atoms with van der Waals surface area (Å²) in [5, 5.41) is 8.06. The van der Waals surface area contributed by atoms with Crippen molar-refractivity contribution in [3.63, 3.8) is 0 Å². The van der Waals surface area contributed by atoms with Crippen LogP contribution in [0.3, 0.4) is 0 Å². The summed E-state index contributed by atoms with van der Waals surface area (Å²) in [6.07, 6.45) is 20.5. The lowest BCUT2D eigenvalue weighted by Crippen LogP contribution is -2.49. The number of halogens is 2. The lowest BCUT2D eigenvalue weighted by Gasteiger charge is -2.39. The van der Waals surface area contributed by atoms with Crippen LogP contribution in [0.5, 0.6) is 0 Å². The van der Waals surface area contributed by atoms with E-state index < -0.39 is 16.1 Å². The van der Waals surface area contributed by atoms with Gasteiger partial charge in [-0.1, -0.05) is 68.8 Å². The van der Waals surface area contributed by atoms with Gasteiger partial charge < -0.3 is 25.7 Å². The molecule has 14 heteroatoms. The molecule has 1 aromatic heterocycles. The summed E-state index contributed by atoms with van der Waals surface area (Å²) in [6, 6.07) is 5.31. The van der Waals surface area contributed by atoms with Crippen molar-refractivity contribution in [2.75, 3.05) is 59.9 Å². The molecule has 54 heavy (non-hydrogen) atoms. The Morgan fingerprint density at radius 2 is 1.78 bits per heavy atom. The van der Waals surface area contributed by atoms with Crippen LogP contribution in [0.1, 0.15) is 83.3 Å². The molecule has 1 fully saturated rings. The van der Waals surface area contributed by atoms with E-state index in [-0.39, 0.29) is 18.6 Å². The standard InChI is InChI=1S/C31H41ClN6O4S.C5H10.C2H6.CH3Cl.CH5N/c1-5-16-43(40,41)38-14-12-37(13-15-38)28-18-23(8-7-11-33-3)17-27(26-19-24(32)9-10-25(26)28)31(29-20-34-22-36(29)4)35-30(39)21-42-6-2;1-3-5-4-2;3*1-2/h5,7-11,16-17,19-20,22,28,31,33H,6,12-15,18,21H2,1-4H3,(H,35,39);3,5H,4H2,1-2H3;1-2H3;1H3;2H2,1H3/b11-7-,16-5+,23-8-;5-3-;;;. The van der Waals surface area contributed by atoms with Crippen LogP contribution in [0, 0.1) is 0 Å². The van der Waals surface area contributed by atoms with E-state index in [4.69, 9.17) is 16.3 Å². The summed E-state index contributed by atoms with van der Waals surface area (Å²) in [7, 11) is 1.80. The van der Waals surface area contributed by atoms with E-state index >= 15 is 0 Å². The van der Waals surface area contributed by atoms with Crippen molar-refractivity contribution in [2.24, 2.45) is 12.8 Å². The Kier molecular flexibility index (Phi) is 27.4. The molecule has 0 saturated carbocycles. The number of sulfonamides is 1. The van der Waals surface area contributed by atoms with E-state index in [1.807, 2.05) is 76.8 Å². The number of alkyl halides is 1. The normalized spacial score (nSPS) is 17.4. The number of carbonyl (C=O) groups excluding carboxylic acids is 1. The number of fused-ring (bicyclic) bond motifs is 1. The molecule has 2 unspecified atom stereocenters. The highest BCUT2D eigenvalue weighted by atomic mass is 35.5. The molecule has 1 amide bonds. The number of nitrogens with one attached hydrogen (secondary N) is 2. The van der Waals surface area contributed by atoms with E-state index in [1.54, 1.807) is 25.5 Å². The number of hydrogen-bond acceptors (Lipinski definition) is 8. The molecule has 0 radical (unpaired) electrons. The largest absolute Gasteiger partial charge is 0.394 e. The topological polar surface area (TPSA) is 135 Å². The van der Waals surface area contributed by atoms with Crippen LogP contribution in [-0.4, -0.2) is 93.0 Å². The van der Waals surface area contributed by atoms with Crippen LogP contribution in [0.25, 0.3) is 5.57 Å². The quantitative estimate of drug-likeness (QED) is 0.150. The highest BCUT2D eigenvalue weighted by Crippen LogP contribution is 2.43. The van der Waals surface area contributed by atoms with Crippen molar-refractivity contribution in [1.29, 1.82) is 0 Å². The van der Waals surface area contributed by atoms with Crippen LogP contribution in [0.4, 0.5) is 0 Å². The number of nitrogens with zero attached hydrogens (tertiary/aromatic N) is 4. The number of imidazole rings is 1. The van der Waals surface area contributed by atoms with Gasteiger partial charge in [0.25, 0.3) is 0 Å². The molecule has 2 aromatic rings. The minimum absolute atomic E-state index is 0.0480. The molecule has 1 aliphatic heterocycles. The van der Waals surface area contributed by atoms with Crippen molar-refractivity contribution in [3.05, 3.63) is 106 Å². The molecular weight excluding hydrogens is 745 g/mol. The first-order chi connectivity index (χ1) is 26.1. The maximum Gasteiger partial charge on any atom is 0.246 e. The van der Waals surface area contributed by atoms with Gasteiger partial charge in [0.05, 0.1) is 24.3 Å². The second-order valence-corrected chi connectivity index (χ2v) is 13.7. The highest BCUT2D eigenvalue weighted by molar-refractivity contribution is 7.92. The first-order valence-electron chi connectivity index (χ1n) is 18.4. The zero-order valence-electron chi connectivity index (χ0n) is 34.0. The molecule has 0 bridgehead atoms. The third-order valence-electron chi connectivity index (χ3n) is 8.09. The van der Waals surface area contributed by atoms with Gasteiger partial charge in [-0.05, 0) is 87.3 Å². The molecule has 11 nitrogen and oxygen atoms in total. The van der Waals surface area contributed by atoms with Crippen molar-refractivity contribution in [2.45, 2.75) is 66.5 Å². The fourth-order valence-electron chi connectivity index (χ4n) is 5.80. The minimum atomic E-state index is -3.44.